The molecule has 0 spiro atoms. The van der Waals surface area contributed by atoms with Gasteiger partial charge in [-0.3, -0.25) is 9.78 Å². The van der Waals surface area contributed by atoms with Crippen molar-refractivity contribution in [3.63, 3.8) is 0 Å². The van der Waals surface area contributed by atoms with Crippen molar-refractivity contribution in [1.29, 1.82) is 0 Å². The molecule has 3 aromatic rings. The van der Waals surface area contributed by atoms with Crippen LogP contribution in [0.4, 0.5) is 0 Å². The number of esters is 1. The lowest BCUT2D eigenvalue weighted by molar-refractivity contribution is -0.685. The van der Waals surface area contributed by atoms with Crippen LogP contribution >= 0.6 is 0 Å². The van der Waals surface area contributed by atoms with E-state index in [9.17, 15) is 9.59 Å². The van der Waals surface area contributed by atoms with E-state index in [1.54, 1.807) is 30.8 Å². The Morgan fingerprint density at radius 3 is 2.21 bits per heavy atom. The van der Waals surface area contributed by atoms with Gasteiger partial charge in [-0.2, -0.15) is 4.57 Å². The van der Waals surface area contributed by atoms with Crippen molar-refractivity contribution in [3.05, 3.63) is 109 Å². The van der Waals surface area contributed by atoms with Gasteiger partial charge >= 0.3 is 5.97 Å². The molecule has 0 aliphatic heterocycles. The highest BCUT2D eigenvalue weighted by Gasteiger charge is 2.34. The molecule has 0 N–H and O–H groups in total. The summed E-state index contributed by atoms with van der Waals surface area (Å²) in [4.78, 5) is 27.1. The lowest BCUT2D eigenvalue weighted by Gasteiger charge is -2.28. The number of pyridine rings is 2. The fourth-order valence-corrected chi connectivity index (χ4v) is 3.69. The van der Waals surface area contributed by atoms with Gasteiger partial charge in [-0.1, -0.05) is 54.6 Å². The van der Waals surface area contributed by atoms with E-state index in [-0.39, 0.29) is 18.3 Å². The van der Waals surface area contributed by atoms with Crippen LogP contribution in [-0.2, 0) is 26.3 Å². The molecule has 4 rings (SSSR count). The Hall–Kier alpha value is -3.86. The zero-order chi connectivity index (χ0) is 23.5. The molecule has 1 atom stereocenters. The first kappa shape index (κ1) is 23.8. The predicted octanol–water partition coefficient (Wildman–Crippen LogP) is 4.63. The molecular weight excluding hydrogens is 412 g/mol. The van der Waals surface area contributed by atoms with Gasteiger partial charge in [0.2, 0.25) is 6.54 Å². The molecule has 5 heteroatoms. The largest absolute Gasteiger partial charge is 0.461 e. The third-order valence-corrected chi connectivity index (χ3v) is 5.51. The molecular formula is C28H29N2O3+. The Kier molecular flexibility index (Phi) is 8.42. The number of Topliss-reactive ketones (excluding diaryl/α,β-unsaturated/α-hetero) is 1. The molecule has 1 aliphatic rings. The van der Waals surface area contributed by atoms with E-state index < -0.39 is 5.41 Å². The molecule has 0 fully saturated rings. The van der Waals surface area contributed by atoms with Crippen LogP contribution < -0.4 is 4.57 Å². The summed E-state index contributed by atoms with van der Waals surface area (Å²) in [7, 11) is 0. The summed E-state index contributed by atoms with van der Waals surface area (Å²) in [6.45, 7) is 4.12. The molecule has 0 amide bonds. The van der Waals surface area contributed by atoms with Crippen molar-refractivity contribution >= 4 is 11.8 Å². The van der Waals surface area contributed by atoms with E-state index in [1.807, 2.05) is 85.2 Å². The van der Waals surface area contributed by atoms with Gasteiger partial charge in [-0.25, -0.2) is 4.79 Å². The molecule has 0 bridgehead atoms. The summed E-state index contributed by atoms with van der Waals surface area (Å²) in [5.41, 5.74) is 2.85. The van der Waals surface area contributed by atoms with Crippen LogP contribution in [0.3, 0.4) is 0 Å². The van der Waals surface area contributed by atoms with Crippen LogP contribution in [0.5, 0.6) is 0 Å². The van der Waals surface area contributed by atoms with Gasteiger partial charge in [-0.05, 0) is 49.1 Å². The normalized spacial score (nSPS) is 16.4. The lowest BCUT2D eigenvalue weighted by atomic mass is 9.73. The van der Waals surface area contributed by atoms with Crippen molar-refractivity contribution in [3.8, 4) is 11.1 Å². The zero-order valence-electron chi connectivity index (χ0n) is 19.1. The van der Waals surface area contributed by atoms with Gasteiger partial charge in [0.1, 0.15) is 5.78 Å². The number of carbonyl (C=O) groups excluding carboxylic acids is 2. The number of hydrogen-bond acceptors (Lipinski definition) is 4. The second kappa shape index (κ2) is 11.7. The fraction of sp³-hybridized carbons (Fsp3) is 0.214. The van der Waals surface area contributed by atoms with Crippen LogP contribution in [0.15, 0.2) is 104 Å². The molecule has 2 aromatic heterocycles. The highest BCUT2D eigenvalue weighted by molar-refractivity contribution is 5.91. The standard InChI is InChI=1S/C14H15N2O2.C14H14O/c1-2-18-14(17)11-16-9-5-13(6-10-16)12-3-7-15-8-4-12;1-12(15)14(10-6-3-7-11-14)13-8-4-2-5-9-13/h3-10H,2,11H2,1H3;2-10H,11H2,1H3/q+1;. The lowest BCUT2D eigenvalue weighted by Crippen LogP contribution is -2.37. The highest BCUT2D eigenvalue weighted by Crippen LogP contribution is 2.33. The van der Waals surface area contributed by atoms with E-state index in [2.05, 4.69) is 11.1 Å². The Labute approximate surface area is 195 Å². The molecule has 5 nitrogen and oxygen atoms in total. The monoisotopic (exact) mass is 441 g/mol. The first-order valence-electron chi connectivity index (χ1n) is 11.0. The molecule has 1 aromatic carbocycles. The number of aromatic nitrogens is 2. The highest BCUT2D eigenvalue weighted by atomic mass is 16.5. The predicted molar refractivity (Wildman–Crippen MR) is 128 cm³/mol. The average Bonchev–Trinajstić information content (AvgIpc) is 2.86. The van der Waals surface area contributed by atoms with Gasteiger partial charge in [-0.15, -0.1) is 0 Å². The van der Waals surface area contributed by atoms with E-state index in [4.69, 9.17) is 4.74 Å². The summed E-state index contributed by atoms with van der Waals surface area (Å²) in [6, 6.07) is 17.8. The van der Waals surface area contributed by atoms with Crippen molar-refractivity contribution in [2.75, 3.05) is 6.61 Å². The number of hydrogen-bond donors (Lipinski definition) is 0. The van der Waals surface area contributed by atoms with Gasteiger partial charge in [0, 0.05) is 24.5 Å². The molecule has 1 aliphatic carbocycles. The van der Waals surface area contributed by atoms with Crippen LogP contribution in [0.2, 0.25) is 0 Å². The first-order chi connectivity index (χ1) is 16.0. The number of nitrogens with zero attached hydrogens (tertiary/aromatic N) is 2. The summed E-state index contributed by atoms with van der Waals surface area (Å²) in [6.07, 6.45) is 16.0. The topological polar surface area (TPSA) is 60.1 Å². The van der Waals surface area contributed by atoms with Gasteiger partial charge in [0.05, 0.1) is 12.0 Å². The molecule has 33 heavy (non-hydrogen) atoms. The molecule has 0 radical (unpaired) electrons. The molecule has 0 saturated heterocycles. The quantitative estimate of drug-likeness (QED) is 0.413. The van der Waals surface area contributed by atoms with E-state index >= 15 is 0 Å². The van der Waals surface area contributed by atoms with Crippen molar-refractivity contribution in [1.82, 2.24) is 4.98 Å². The van der Waals surface area contributed by atoms with Crippen LogP contribution in [0, 0.1) is 0 Å². The maximum absolute atomic E-state index is 11.8. The number of ether oxygens (including phenoxy) is 1. The molecule has 2 heterocycles. The molecule has 0 saturated carbocycles. The second-order valence-corrected chi connectivity index (χ2v) is 7.69. The minimum atomic E-state index is -0.435. The average molecular weight is 442 g/mol. The number of benzene rings is 1. The van der Waals surface area contributed by atoms with E-state index in [0.29, 0.717) is 6.61 Å². The fourth-order valence-electron chi connectivity index (χ4n) is 3.69. The van der Waals surface area contributed by atoms with Crippen LogP contribution in [-0.4, -0.2) is 23.3 Å². The Balaban J connectivity index is 0.000000189. The number of rotatable bonds is 6. The summed E-state index contributed by atoms with van der Waals surface area (Å²) < 4.78 is 6.69. The smallest absolute Gasteiger partial charge is 0.372 e. The van der Waals surface area contributed by atoms with E-state index in [1.165, 1.54) is 0 Å². The number of carbonyl (C=O) groups is 2. The zero-order valence-corrected chi connectivity index (χ0v) is 19.1. The summed E-state index contributed by atoms with van der Waals surface area (Å²) in [5.74, 6) is -0.0199. The Morgan fingerprint density at radius 1 is 0.970 bits per heavy atom. The molecule has 1 unspecified atom stereocenters. The minimum absolute atomic E-state index is 0.203. The van der Waals surface area contributed by atoms with Crippen molar-refractivity contribution in [2.24, 2.45) is 0 Å². The van der Waals surface area contributed by atoms with Gasteiger partial charge in [0.25, 0.3) is 0 Å². The first-order valence-corrected chi connectivity index (χ1v) is 11.0. The third kappa shape index (κ3) is 6.32. The van der Waals surface area contributed by atoms with Crippen LogP contribution in [0.1, 0.15) is 25.8 Å². The van der Waals surface area contributed by atoms with E-state index in [0.717, 1.165) is 23.1 Å². The van der Waals surface area contributed by atoms with Gasteiger partial charge < -0.3 is 4.74 Å². The third-order valence-electron chi connectivity index (χ3n) is 5.51. The van der Waals surface area contributed by atoms with Gasteiger partial charge in [0.15, 0.2) is 12.4 Å². The second-order valence-electron chi connectivity index (χ2n) is 7.69. The SMILES string of the molecule is CC(=O)C1(c2ccccc2)C=CC=CC1.CCOC(=O)C[n+]1ccc(-c2ccncc2)cc1. The molecule has 168 valence electrons. The summed E-state index contributed by atoms with van der Waals surface area (Å²) in [5, 5.41) is 0. The minimum Gasteiger partial charge on any atom is -0.461 e. The summed E-state index contributed by atoms with van der Waals surface area (Å²) >= 11 is 0. The number of ketones is 1. The maximum atomic E-state index is 11.8. The number of allylic oxidation sites excluding steroid dienone is 4. The van der Waals surface area contributed by atoms with Crippen molar-refractivity contribution in [2.45, 2.75) is 32.2 Å². The maximum Gasteiger partial charge on any atom is 0.372 e. The van der Waals surface area contributed by atoms with Crippen LogP contribution in [0.25, 0.3) is 11.1 Å². The Bertz CT molecular complexity index is 1110. The Morgan fingerprint density at radius 2 is 1.64 bits per heavy atom. The van der Waals surface area contributed by atoms with Crippen molar-refractivity contribution < 1.29 is 18.9 Å².